The van der Waals surface area contributed by atoms with E-state index in [2.05, 4.69) is 5.32 Å². The predicted molar refractivity (Wildman–Crippen MR) is 68.8 cm³/mol. The molecule has 0 spiro atoms. The summed E-state index contributed by atoms with van der Waals surface area (Å²) in [4.78, 5) is 11.5. The van der Waals surface area contributed by atoms with Gasteiger partial charge in [0.1, 0.15) is 11.4 Å². The van der Waals surface area contributed by atoms with Crippen molar-refractivity contribution >= 4 is 11.8 Å². The van der Waals surface area contributed by atoms with E-state index in [1.165, 1.54) is 6.07 Å². The smallest absolute Gasteiger partial charge is 0.412 e. The van der Waals surface area contributed by atoms with Gasteiger partial charge in [0.25, 0.3) is 0 Å². The number of aliphatic hydroxyl groups excluding tert-OH is 1. The average molecular weight is 253 g/mol. The van der Waals surface area contributed by atoms with Crippen LogP contribution in [0.1, 0.15) is 26.3 Å². The summed E-state index contributed by atoms with van der Waals surface area (Å²) in [6, 6.07) is 4.72. The Hall–Kier alpha value is -1.75. The summed E-state index contributed by atoms with van der Waals surface area (Å²) in [5, 5.41) is 21.0. The van der Waals surface area contributed by atoms with Crippen LogP contribution in [0.3, 0.4) is 0 Å². The van der Waals surface area contributed by atoms with Crippen molar-refractivity contribution in [3.63, 3.8) is 0 Å². The first-order valence-electron chi connectivity index (χ1n) is 5.74. The summed E-state index contributed by atoms with van der Waals surface area (Å²) < 4.78 is 5.09. The molecule has 0 saturated heterocycles. The molecule has 0 atom stereocenters. The number of anilines is 1. The van der Waals surface area contributed by atoms with E-state index in [9.17, 15) is 9.90 Å². The van der Waals surface area contributed by atoms with Crippen molar-refractivity contribution in [1.29, 1.82) is 0 Å². The second-order valence-corrected chi connectivity index (χ2v) is 4.94. The van der Waals surface area contributed by atoms with Gasteiger partial charge in [0.2, 0.25) is 0 Å². The van der Waals surface area contributed by atoms with E-state index in [-0.39, 0.29) is 12.4 Å². The van der Waals surface area contributed by atoms with Crippen molar-refractivity contribution in [3.8, 4) is 5.75 Å². The van der Waals surface area contributed by atoms with Crippen LogP contribution in [0.15, 0.2) is 18.2 Å². The maximum atomic E-state index is 11.5. The van der Waals surface area contributed by atoms with Gasteiger partial charge in [-0.25, -0.2) is 4.79 Å². The maximum absolute atomic E-state index is 11.5. The van der Waals surface area contributed by atoms with E-state index in [4.69, 9.17) is 9.84 Å². The fraction of sp³-hybridized carbons (Fsp3) is 0.462. The number of phenolic OH excluding ortho intramolecular Hbond substituents is 1. The van der Waals surface area contributed by atoms with Gasteiger partial charge >= 0.3 is 6.09 Å². The molecule has 1 amide bonds. The molecule has 0 unspecified atom stereocenters. The number of ether oxygens (including phenoxy) is 1. The van der Waals surface area contributed by atoms with E-state index in [1.54, 1.807) is 32.9 Å². The van der Waals surface area contributed by atoms with E-state index >= 15 is 0 Å². The average Bonchev–Trinajstić information content (AvgIpc) is 2.19. The van der Waals surface area contributed by atoms with Crippen molar-refractivity contribution in [2.45, 2.75) is 32.8 Å². The monoisotopic (exact) mass is 253 g/mol. The van der Waals surface area contributed by atoms with Crippen LogP contribution >= 0.6 is 0 Å². The lowest BCUT2D eigenvalue weighted by atomic mass is 10.1. The highest BCUT2D eigenvalue weighted by Crippen LogP contribution is 2.22. The largest absolute Gasteiger partial charge is 0.508 e. The molecule has 0 saturated carbocycles. The lowest BCUT2D eigenvalue weighted by Crippen LogP contribution is -2.27. The van der Waals surface area contributed by atoms with Crippen LogP contribution in [0.2, 0.25) is 0 Å². The van der Waals surface area contributed by atoms with Gasteiger partial charge in [-0.1, -0.05) is 6.07 Å². The number of nitrogens with one attached hydrogen (secondary N) is 1. The van der Waals surface area contributed by atoms with Crippen molar-refractivity contribution < 1.29 is 19.7 Å². The molecule has 100 valence electrons. The van der Waals surface area contributed by atoms with Gasteiger partial charge in [-0.15, -0.1) is 0 Å². The van der Waals surface area contributed by atoms with Crippen LogP contribution in [-0.2, 0) is 11.2 Å². The molecular weight excluding hydrogens is 234 g/mol. The Morgan fingerprint density at radius 3 is 2.56 bits per heavy atom. The molecule has 5 nitrogen and oxygen atoms in total. The topological polar surface area (TPSA) is 78.8 Å². The third kappa shape index (κ3) is 4.63. The van der Waals surface area contributed by atoms with Crippen molar-refractivity contribution in [1.82, 2.24) is 0 Å². The molecule has 18 heavy (non-hydrogen) atoms. The van der Waals surface area contributed by atoms with Crippen molar-refractivity contribution in [2.24, 2.45) is 0 Å². The first kappa shape index (κ1) is 14.3. The zero-order valence-corrected chi connectivity index (χ0v) is 10.9. The molecule has 0 aromatic heterocycles. The molecular formula is C13H19NO4. The molecule has 1 aromatic rings. The molecule has 0 aliphatic carbocycles. The maximum Gasteiger partial charge on any atom is 0.412 e. The van der Waals surface area contributed by atoms with E-state index in [0.29, 0.717) is 17.7 Å². The number of carbonyl (C=O) groups excluding carboxylic acids is 1. The number of amides is 1. The molecule has 1 rings (SSSR count). The molecule has 1 aromatic carbocycles. The summed E-state index contributed by atoms with van der Waals surface area (Å²) in [5.41, 5.74) is 0.513. The Bertz CT molecular complexity index is 423. The predicted octanol–water partition coefficient (Wildman–Crippen LogP) is 2.27. The second-order valence-electron chi connectivity index (χ2n) is 4.94. The Morgan fingerprint density at radius 2 is 2.06 bits per heavy atom. The highest BCUT2D eigenvalue weighted by atomic mass is 16.6. The standard InChI is InChI=1S/C13H19NO4/c1-13(2,3)18-12(17)14-10-5-4-9(6-7-15)11(16)8-10/h4-5,8,15-16H,6-7H2,1-3H3,(H,14,17). The van der Waals surface area contributed by atoms with Gasteiger partial charge in [-0.3, -0.25) is 5.32 Å². The Kier molecular flexibility index (Phi) is 4.55. The van der Waals surface area contributed by atoms with Crippen LogP contribution in [0.4, 0.5) is 10.5 Å². The minimum atomic E-state index is -0.572. The quantitative estimate of drug-likeness (QED) is 0.772. The molecule has 0 bridgehead atoms. The third-order valence-corrected chi connectivity index (χ3v) is 2.11. The molecule has 0 aliphatic heterocycles. The Balaban J connectivity index is 2.69. The number of aliphatic hydroxyl groups is 1. The van der Waals surface area contributed by atoms with Gasteiger partial charge in [0.15, 0.2) is 0 Å². The van der Waals surface area contributed by atoms with Gasteiger partial charge in [-0.05, 0) is 38.8 Å². The van der Waals surface area contributed by atoms with Crippen molar-refractivity contribution in [3.05, 3.63) is 23.8 Å². The minimum Gasteiger partial charge on any atom is -0.508 e. The zero-order valence-electron chi connectivity index (χ0n) is 10.9. The highest BCUT2D eigenvalue weighted by molar-refractivity contribution is 5.85. The SMILES string of the molecule is CC(C)(C)OC(=O)Nc1ccc(CCO)c(O)c1. The number of rotatable bonds is 3. The fourth-order valence-corrected chi connectivity index (χ4v) is 1.39. The molecule has 3 N–H and O–H groups in total. The Labute approximate surface area is 106 Å². The minimum absolute atomic E-state index is 0.0353. The summed E-state index contributed by atoms with van der Waals surface area (Å²) in [5.74, 6) is 0.0395. The van der Waals surface area contributed by atoms with Crippen LogP contribution in [-0.4, -0.2) is 28.5 Å². The second kappa shape index (κ2) is 5.73. The normalized spacial score (nSPS) is 11.1. The number of carbonyl (C=O) groups is 1. The van der Waals surface area contributed by atoms with E-state index in [1.807, 2.05) is 0 Å². The summed E-state index contributed by atoms with van der Waals surface area (Å²) in [6.45, 7) is 5.28. The molecule has 0 heterocycles. The summed E-state index contributed by atoms with van der Waals surface area (Å²) >= 11 is 0. The number of phenols is 1. The first-order valence-corrected chi connectivity index (χ1v) is 5.74. The van der Waals surface area contributed by atoms with Crippen molar-refractivity contribution in [2.75, 3.05) is 11.9 Å². The number of benzene rings is 1. The van der Waals surface area contributed by atoms with E-state index in [0.717, 1.165) is 0 Å². The van der Waals surface area contributed by atoms with Gasteiger partial charge in [-0.2, -0.15) is 0 Å². The highest BCUT2D eigenvalue weighted by Gasteiger charge is 2.16. The van der Waals surface area contributed by atoms with Crippen LogP contribution in [0.5, 0.6) is 5.75 Å². The number of hydrogen-bond acceptors (Lipinski definition) is 4. The van der Waals surface area contributed by atoms with Crippen LogP contribution < -0.4 is 5.32 Å². The summed E-state index contributed by atoms with van der Waals surface area (Å²) in [7, 11) is 0. The molecule has 5 heteroatoms. The lowest BCUT2D eigenvalue weighted by molar-refractivity contribution is 0.0636. The van der Waals surface area contributed by atoms with Crippen LogP contribution in [0, 0.1) is 0 Å². The lowest BCUT2D eigenvalue weighted by Gasteiger charge is -2.19. The number of aromatic hydroxyl groups is 1. The van der Waals surface area contributed by atoms with Crippen LogP contribution in [0.25, 0.3) is 0 Å². The first-order chi connectivity index (χ1) is 8.31. The van der Waals surface area contributed by atoms with Gasteiger partial charge in [0.05, 0.1) is 0 Å². The summed E-state index contributed by atoms with van der Waals surface area (Å²) in [6.07, 6.45) is -0.199. The molecule has 0 fully saturated rings. The van der Waals surface area contributed by atoms with E-state index < -0.39 is 11.7 Å². The third-order valence-electron chi connectivity index (χ3n) is 2.11. The molecule has 0 aliphatic rings. The zero-order chi connectivity index (χ0) is 13.8. The fourth-order valence-electron chi connectivity index (χ4n) is 1.39. The van der Waals surface area contributed by atoms with Gasteiger partial charge < -0.3 is 14.9 Å². The molecule has 0 radical (unpaired) electrons. The Morgan fingerprint density at radius 1 is 1.39 bits per heavy atom. The number of hydrogen-bond donors (Lipinski definition) is 3. The van der Waals surface area contributed by atoms with Gasteiger partial charge in [0, 0.05) is 18.4 Å².